The SMILES string of the molecule is Cl.c1ccc(-c2ncc3c(n2)CNC3)nc1. The average molecular weight is 235 g/mol. The molecule has 0 aromatic carbocycles. The summed E-state index contributed by atoms with van der Waals surface area (Å²) in [6, 6.07) is 5.75. The van der Waals surface area contributed by atoms with Gasteiger partial charge in [0.2, 0.25) is 0 Å². The molecule has 0 spiro atoms. The first-order chi connectivity index (χ1) is 7.43. The molecule has 0 bridgehead atoms. The Bertz CT molecular complexity index is 487. The van der Waals surface area contributed by atoms with Gasteiger partial charge in [-0.05, 0) is 12.1 Å². The van der Waals surface area contributed by atoms with Gasteiger partial charge in [0.05, 0.1) is 5.69 Å². The molecule has 0 unspecified atom stereocenters. The number of aromatic nitrogens is 3. The second-order valence-electron chi connectivity index (χ2n) is 3.48. The van der Waals surface area contributed by atoms with Crippen molar-refractivity contribution in [3.63, 3.8) is 0 Å². The highest BCUT2D eigenvalue weighted by atomic mass is 35.5. The highest BCUT2D eigenvalue weighted by Crippen LogP contribution is 2.16. The van der Waals surface area contributed by atoms with E-state index in [1.54, 1.807) is 6.20 Å². The standard InChI is InChI=1S/C11H10N4.ClH/c1-2-4-13-9(3-1)11-14-6-8-5-12-7-10(8)15-11;/h1-4,6,12H,5,7H2;1H. The van der Waals surface area contributed by atoms with Crippen LogP contribution in [0.3, 0.4) is 0 Å². The maximum absolute atomic E-state index is 4.49. The molecule has 1 aliphatic rings. The van der Waals surface area contributed by atoms with Crippen molar-refractivity contribution in [2.45, 2.75) is 13.1 Å². The summed E-state index contributed by atoms with van der Waals surface area (Å²) in [5.74, 6) is 0.707. The van der Waals surface area contributed by atoms with Crippen molar-refractivity contribution >= 4 is 12.4 Å². The first-order valence-electron chi connectivity index (χ1n) is 4.90. The molecular formula is C11H11ClN4. The van der Waals surface area contributed by atoms with E-state index in [1.165, 1.54) is 5.56 Å². The number of hydrogen-bond donors (Lipinski definition) is 1. The second-order valence-corrected chi connectivity index (χ2v) is 3.48. The minimum absolute atomic E-state index is 0. The van der Waals surface area contributed by atoms with Crippen LogP contribution in [-0.4, -0.2) is 15.0 Å². The van der Waals surface area contributed by atoms with E-state index in [1.807, 2.05) is 24.4 Å². The lowest BCUT2D eigenvalue weighted by molar-refractivity contribution is 0.758. The number of fused-ring (bicyclic) bond motifs is 1. The Morgan fingerprint density at radius 3 is 2.88 bits per heavy atom. The number of halogens is 1. The fourth-order valence-electron chi connectivity index (χ4n) is 1.68. The van der Waals surface area contributed by atoms with Crippen LogP contribution in [0.4, 0.5) is 0 Å². The molecule has 0 saturated heterocycles. The van der Waals surface area contributed by atoms with E-state index in [9.17, 15) is 0 Å². The zero-order valence-electron chi connectivity index (χ0n) is 8.55. The van der Waals surface area contributed by atoms with E-state index >= 15 is 0 Å². The first kappa shape index (κ1) is 11.0. The topological polar surface area (TPSA) is 50.7 Å². The molecule has 2 aromatic rings. The maximum atomic E-state index is 4.49. The molecule has 82 valence electrons. The van der Waals surface area contributed by atoms with E-state index in [0.717, 1.165) is 24.5 Å². The van der Waals surface area contributed by atoms with Gasteiger partial charge in [-0.1, -0.05) is 6.07 Å². The Labute approximate surface area is 99.6 Å². The van der Waals surface area contributed by atoms with Gasteiger partial charge in [-0.15, -0.1) is 12.4 Å². The molecule has 0 saturated carbocycles. The molecule has 16 heavy (non-hydrogen) atoms. The van der Waals surface area contributed by atoms with Crippen molar-refractivity contribution < 1.29 is 0 Å². The zero-order valence-corrected chi connectivity index (χ0v) is 9.37. The summed E-state index contributed by atoms with van der Waals surface area (Å²) in [4.78, 5) is 13.0. The van der Waals surface area contributed by atoms with E-state index in [4.69, 9.17) is 0 Å². The van der Waals surface area contributed by atoms with Crippen molar-refractivity contribution in [3.8, 4) is 11.5 Å². The number of rotatable bonds is 1. The quantitative estimate of drug-likeness (QED) is 0.814. The Balaban J connectivity index is 0.000000963. The van der Waals surface area contributed by atoms with E-state index in [2.05, 4.69) is 20.3 Å². The predicted molar refractivity (Wildman–Crippen MR) is 63.1 cm³/mol. The van der Waals surface area contributed by atoms with Crippen molar-refractivity contribution in [2.24, 2.45) is 0 Å². The fraction of sp³-hybridized carbons (Fsp3) is 0.182. The van der Waals surface area contributed by atoms with Gasteiger partial charge >= 0.3 is 0 Å². The molecular weight excluding hydrogens is 224 g/mol. The third kappa shape index (κ3) is 1.89. The van der Waals surface area contributed by atoms with Gasteiger partial charge < -0.3 is 5.32 Å². The monoisotopic (exact) mass is 234 g/mol. The minimum atomic E-state index is 0. The Hall–Kier alpha value is -1.52. The largest absolute Gasteiger partial charge is 0.307 e. The molecule has 5 heteroatoms. The number of nitrogens with one attached hydrogen (secondary N) is 1. The van der Waals surface area contributed by atoms with Crippen molar-refractivity contribution in [3.05, 3.63) is 41.9 Å². The van der Waals surface area contributed by atoms with Gasteiger partial charge in [0.1, 0.15) is 5.69 Å². The van der Waals surface area contributed by atoms with Crippen LogP contribution in [0.5, 0.6) is 0 Å². The van der Waals surface area contributed by atoms with Gasteiger partial charge in [-0.25, -0.2) is 9.97 Å². The number of pyridine rings is 1. The van der Waals surface area contributed by atoms with Gasteiger partial charge in [-0.2, -0.15) is 0 Å². The van der Waals surface area contributed by atoms with Crippen LogP contribution in [0, 0.1) is 0 Å². The Morgan fingerprint density at radius 2 is 2.06 bits per heavy atom. The minimum Gasteiger partial charge on any atom is -0.307 e. The summed E-state index contributed by atoms with van der Waals surface area (Å²) in [5.41, 5.74) is 3.10. The van der Waals surface area contributed by atoms with Gasteiger partial charge in [0.15, 0.2) is 5.82 Å². The summed E-state index contributed by atoms with van der Waals surface area (Å²) in [6.07, 6.45) is 3.64. The molecule has 0 amide bonds. The normalized spacial score (nSPS) is 13.0. The smallest absolute Gasteiger partial charge is 0.178 e. The van der Waals surface area contributed by atoms with E-state index < -0.39 is 0 Å². The van der Waals surface area contributed by atoms with E-state index in [-0.39, 0.29) is 12.4 Å². The molecule has 1 N–H and O–H groups in total. The zero-order chi connectivity index (χ0) is 10.1. The van der Waals surface area contributed by atoms with E-state index in [0.29, 0.717) is 5.82 Å². The van der Waals surface area contributed by atoms with Gasteiger partial charge in [0.25, 0.3) is 0 Å². The third-order valence-electron chi connectivity index (χ3n) is 2.46. The van der Waals surface area contributed by atoms with Crippen LogP contribution in [0.1, 0.15) is 11.3 Å². The molecule has 1 aliphatic heterocycles. The summed E-state index contributed by atoms with van der Waals surface area (Å²) in [7, 11) is 0. The highest BCUT2D eigenvalue weighted by molar-refractivity contribution is 5.85. The van der Waals surface area contributed by atoms with Crippen LogP contribution < -0.4 is 5.32 Å². The fourth-order valence-corrected chi connectivity index (χ4v) is 1.68. The summed E-state index contributed by atoms with van der Waals surface area (Å²) < 4.78 is 0. The van der Waals surface area contributed by atoms with Crippen LogP contribution >= 0.6 is 12.4 Å². The lowest BCUT2D eigenvalue weighted by atomic mass is 10.2. The van der Waals surface area contributed by atoms with Gasteiger partial charge in [0, 0.05) is 31.0 Å². The third-order valence-corrected chi connectivity index (χ3v) is 2.46. The van der Waals surface area contributed by atoms with Crippen LogP contribution in [-0.2, 0) is 13.1 Å². The summed E-state index contributed by atoms with van der Waals surface area (Å²) in [5, 5.41) is 3.24. The predicted octanol–water partition coefficient (Wildman–Crippen LogP) is 1.56. The Morgan fingerprint density at radius 1 is 1.12 bits per heavy atom. The van der Waals surface area contributed by atoms with Crippen molar-refractivity contribution in [1.82, 2.24) is 20.3 Å². The highest BCUT2D eigenvalue weighted by Gasteiger charge is 2.13. The molecule has 2 aromatic heterocycles. The van der Waals surface area contributed by atoms with Crippen LogP contribution in [0.2, 0.25) is 0 Å². The number of hydrogen-bond acceptors (Lipinski definition) is 4. The molecule has 3 heterocycles. The van der Waals surface area contributed by atoms with Crippen molar-refractivity contribution in [2.75, 3.05) is 0 Å². The summed E-state index contributed by atoms with van der Waals surface area (Å²) in [6.45, 7) is 1.70. The molecule has 0 fully saturated rings. The lowest BCUT2D eigenvalue weighted by Crippen LogP contribution is -2.00. The molecule has 0 aliphatic carbocycles. The average Bonchev–Trinajstić information content (AvgIpc) is 2.77. The molecule has 0 radical (unpaired) electrons. The van der Waals surface area contributed by atoms with Gasteiger partial charge in [-0.3, -0.25) is 4.98 Å². The van der Waals surface area contributed by atoms with Crippen LogP contribution in [0.25, 0.3) is 11.5 Å². The Kier molecular flexibility index (Phi) is 3.12. The van der Waals surface area contributed by atoms with Crippen LogP contribution in [0.15, 0.2) is 30.6 Å². The molecule has 0 atom stereocenters. The second kappa shape index (κ2) is 4.55. The summed E-state index contributed by atoms with van der Waals surface area (Å²) >= 11 is 0. The van der Waals surface area contributed by atoms with Crippen molar-refractivity contribution in [1.29, 1.82) is 0 Å². The number of nitrogens with zero attached hydrogens (tertiary/aromatic N) is 3. The maximum Gasteiger partial charge on any atom is 0.178 e. The lowest BCUT2D eigenvalue weighted by Gasteiger charge is -2.00. The molecule has 4 nitrogen and oxygen atoms in total. The molecule has 3 rings (SSSR count). The first-order valence-corrected chi connectivity index (χ1v) is 4.90.